The molecule has 0 amide bonds. The highest BCUT2D eigenvalue weighted by Gasteiger charge is 2.31. The minimum absolute atomic E-state index is 0.0805. The Kier molecular flexibility index (Phi) is 4.40. The third-order valence-corrected chi connectivity index (χ3v) is 5.84. The van der Waals surface area contributed by atoms with Crippen molar-refractivity contribution in [2.75, 3.05) is 27.2 Å². The predicted octanol–water partition coefficient (Wildman–Crippen LogP) is 1.00. The van der Waals surface area contributed by atoms with Crippen molar-refractivity contribution in [3.63, 3.8) is 0 Å². The van der Waals surface area contributed by atoms with Crippen molar-refractivity contribution in [1.29, 1.82) is 0 Å². The number of hydrogen-bond donors (Lipinski definition) is 1. The Morgan fingerprint density at radius 2 is 2.24 bits per heavy atom. The number of nitrogens with zero attached hydrogens (tertiary/aromatic N) is 2. The Morgan fingerprint density at radius 1 is 1.57 bits per heavy atom. The molecule has 2 rings (SSSR count). The van der Waals surface area contributed by atoms with Crippen molar-refractivity contribution < 1.29 is 22.7 Å². The zero-order valence-corrected chi connectivity index (χ0v) is 13.2. The van der Waals surface area contributed by atoms with E-state index in [2.05, 4.69) is 4.90 Å². The fraction of sp³-hybridized carbons (Fsp3) is 0.615. The molecule has 2 heterocycles. The zero-order chi connectivity index (χ0) is 15.8. The zero-order valence-electron chi connectivity index (χ0n) is 12.4. The number of aryl methyl sites for hydroxylation is 1. The smallest absolute Gasteiger partial charge is 0.371 e. The Bertz CT molecular complexity index is 637. The van der Waals surface area contributed by atoms with Crippen LogP contribution in [0, 0.1) is 6.92 Å². The van der Waals surface area contributed by atoms with Crippen molar-refractivity contribution in [3.05, 3.63) is 17.6 Å². The summed E-state index contributed by atoms with van der Waals surface area (Å²) in [6.07, 6.45) is 2.02. The molecule has 1 aromatic rings. The van der Waals surface area contributed by atoms with E-state index in [1.165, 1.54) is 18.3 Å². The molecule has 21 heavy (non-hydrogen) atoms. The summed E-state index contributed by atoms with van der Waals surface area (Å²) in [7, 11) is -0.259. The van der Waals surface area contributed by atoms with Gasteiger partial charge in [0, 0.05) is 25.7 Å². The number of likely N-dealkylation sites (N-methyl/N-ethyl adjacent to an activating group) is 2. The summed E-state index contributed by atoms with van der Waals surface area (Å²) in [5.74, 6) is -1.55. The van der Waals surface area contributed by atoms with Crippen molar-refractivity contribution >= 4 is 16.0 Å². The maximum absolute atomic E-state index is 12.5. The van der Waals surface area contributed by atoms with Crippen LogP contribution in [-0.2, 0) is 10.0 Å². The summed E-state index contributed by atoms with van der Waals surface area (Å²) in [5.41, 5.74) is 0. The quantitative estimate of drug-likeness (QED) is 0.871. The minimum Gasteiger partial charge on any atom is -0.475 e. The molecule has 1 aromatic heterocycles. The summed E-state index contributed by atoms with van der Waals surface area (Å²) in [6, 6.07) is 1.26. The summed E-state index contributed by atoms with van der Waals surface area (Å²) >= 11 is 0. The van der Waals surface area contributed by atoms with Crippen LogP contribution in [-0.4, -0.2) is 61.9 Å². The van der Waals surface area contributed by atoms with E-state index in [0.717, 1.165) is 25.5 Å². The van der Waals surface area contributed by atoms with Crippen LogP contribution < -0.4 is 0 Å². The normalized spacial score (nSPS) is 20.3. The molecule has 1 unspecified atom stereocenters. The molecular weight excluding hydrogens is 296 g/mol. The summed E-state index contributed by atoms with van der Waals surface area (Å²) < 4.78 is 31.3. The van der Waals surface area contributed by atoms with E-state index in [1.54, 1.807) is 0 Å². The Hall–Kier alpha value is -1.38. The van der Waals surface area contributed by atoms with Crippen molar-refractivity contribution in [3.8, 4) is 0 Å². The molecule has 8 heteroatoms. The molecule has 1 N–H and O–H groups in total. The molecule has 1 fully saturated rings. The van der Waals surface area contributed by atoms with E-state index < -0.39 is 16.0 Å². The number of rotatable bonds is 5. The van der Waals surface area contributed by atoms with Gasteiger partial charge in [-0.2, -0.15) is 4.31 Å². The van der Waals surface area contributed by atoms with Gasteiger partial charge in [-0.05, 0) is 33.4 Å². The molecule has 0 radical (unpaired) electrons. The molecule has 1 aliphatic heterocycles. The average Bonchev–Trinajstić information content (AvgIpc) is 2.96. The lowest BCUT2D eigenvalue weighted by molar-refractivity contribution is 0.0661. The number of carbonyl (C=O) groups is 1. The molecule has 0 saturated carbocycles. The Morgan fingerprint density at radius 3 is 2.71 bits per heavy atom. The lowest BCUT2D eigenvalue weighted by atomic mass is 10.2. The topological polar surface area (TPSA) is 91.1 Å². The van der Waals surface area contributed by atoms with Gasteiger partial charge in [-0.3, -0.25) is 0 Å². The monoisotopic (exact) mass is 316 g/mol. The molecule has 1 saturated heterocycles. The molecule has 0 spiro atoms. The van der Waals surface area contributed by atoms with Gasteiger partial charge in [0.05, 0.1) is 0 Å². The molecule has 0 bridgehead atoms. The van der Waals surface area contributed by atoms with E-state index in [0.29, 0.717) is 6.54 Å². The van der Waals surface area contributed by atoms with Gasteiger partial charge >= 0.3 is 5.97 Å². The number of likely N-dealkylation sites (tertiary alicyclic amines) is 1. The second kappa shape index (κ2) is 5.78. The van der Waals surface area contributed by atoms with Gasteiger partial charge in [0.25, 0.3) is 0 Å². The first kappa shape index (κ1) is 16.0. The SMILES string of the molecule is Cc1oc(C(=O)O)cc1S(=O)(=O)N(C)CC1CCCN1C. The van der Waals surface area contributed by atoms with Crippen molar-refractivity contribution in [2.24, 2.45) is 0 Å². The molecule has 7 nitrogen and oxygen atoms in total. The standard InChI is InChI=1S/C13H20N2O5S/c1-9-12(7-11(20-9)13(16)17)21(18,19)15(3)8-10-5-4-6-14(10)2/h7,10H,4-6,8H2,1-3H3,(H,16,17). The number of furan rings is 1. The number of hydrogen-bond acceptors (Lipinski definition) is 5. The molecular formula is C13H20N2O5S. The first-order chi connectivity index (χ1) is 9.73. The van der Waals surface area contributed by atoms with Crippen LogP contribution in [0.2, 0.25) is 0 Å². The predicted molar refractivity (Wildman–Crippen MR) is 75.9 cm³/mol. The van der Waals surface area contributed by atoms with Crippen LogP contribution in [0.5, 0.6) is 0 Å². The van der Waals surface area contributed by atoms with Gasteiger partial charge in [-0.1, -0.05) is 0 Å². The third kappa shape index (κ3) is 3.12. The Labute approximate surface area is 124 Å². The first-order valence-corrected chi connectivity index (χ1v) is 8.18. The van der Waals surface area contributed by atoms with Crippen LogP contribution in [0.25, 0.3) is 0 Å². The van der Waals surface area contributed by atoms with Crippen LogP contribution >= 0.6 is 0 Å². The maximum atomic E-state index is 12.5. The fourth-order valence-corrected chi connectivity index (χ4v) is 3.96. The van der Waals surface area contributed by atoms with Crippen LogP contribution in [0.15, 0.2) is 15.4 Å². The van der Waals surface area contributed by atoms with Gasteiger partial charge in [0.2, 0.25) is 15.8 Å². The number of aromatic carboxylic acids is 1. The third-order valence-electron chi connectivity index (χ3n) is 3.91. The molecule has 0 aliphatic carbocycles. The molecule has 118 valence electrons. The highest BCUT2D eigenvalue weighted by atomic mass is 32.2. The highest BCUT2D eigenvalue weighted by molar-refractivity contribution is 7.89. The second-order valence-corrected chi connectivity index (χ2v) is 7.41. The fourth-order valence-electron chi connectivity index (χ4n) is 2.60. The van der Waals surface area contributed by atoms with Gasteiger partial charge < -0.3 is 14.4 Å². The summed E-state index contributed by atoms with van der Waals surface area (Å²) in [6.45, 7) is 2.80. The van der Waals surface area contributed by atoms with E-state index in [-0.39, 0.29) is 22.5 Å². The maximum Gasteiger partial charge on any atom is 0.371 e. The van der Waals surface area contributed by atoms with Gasteiger partial charge in [-0.15, -0.1) is 0 Å². The number of carboxylic acids is 1. The van der Waals surface area contributed by atoms with E-state index >= 15 is 0 Å². The van der Waals surface area contributed by atoms with Crippen molar-refractivity contribution in [2.45, 2.75) is 30.7 Å². The number of sulfonamides is 1. The van der Waals surface area contributed by atoms with E-state index in [4.69, 9.17) is 9.52 Å². The van der Waals surface area contributed by atoms with E-state index in [9.17, 15) is 13.2 Å². The molecule has 1 aliphatic rings. The van der Waals surface area contributed by atoms with Crippen LogP contribution in [0.4, 0.5) is 0 Å². The Balaban J connectivity index is 2.22. The van der Waals surface area contributed by atoms with Gasteiger partial charge in [0.1, 0.15) is 10.7 Å². The summed E-state index contributed by atoms with van der Waals surface area (Å²) in [4.78, 5) is 12.9. The molecule has 0 aromatic carbocycles. The lowest BCUT2D eigenvalue weighted by Crippen LogP contribution is -2.39. The lowest BCUT2D eigenvalue weighted by Gasteiger charge is -2.25. The van der Waals surface area contributed by atoms with Crippen LogP contribution in [0.3, 0.4) is 0 Å². The first-order valence-electron chi connectivity index (χ1n) is 6.73. The van der Waals surface area contributed by atoms with Crippen LogP contribution in [0.1, 0.15) is 29.2 Å². The van der Waals surface area contributed by atoms with Crippen molar-refractivity contribution in [1.82, 2.24) is 9.21 Å². The second-order valence-electron chi connectivity index (χ2n) is 5.40. The highest BCUT2D eigenvalue weighted by Crippen LogP contribution is 2.24. The van der Waals surface area contributed by atoms with Gasteiger partial charge in [-0.25, -0.2) is 13.2 Å². The number of carboxylic acid groups (broad SMARTS) is 1. The molecule has 1 atom stereocenters. The summed E-state index contributed by atoms with van der Waals surface area (Å²) in [5, 5.41) is 8.88. The average molecular weight is 316 g/mol. The van der Waals surface area contributed by atoms with E-state index in [1.807, 2.05) is 7.05 Å². The minimum atomic E-state index is -3.74. The largest absolute Gasteiger partial charge is 0.475 e. The van der Waals surface area contributed by atoms with Gasteiger partial charge in [0.15, 0.2) is 0 Å².